The van der Waals surface area contributed by atoms with Crippen LogP contribution in [0.1, 0.15) is 50.5 Å². The van der Waals surface area contributed by atoms with Crippen LogP contribution in [0.25, 0.3) is 11.4 Å². The number of benzene rings is 1. The number of aromatic nitrogens is 2. The van der Waals surface area contributed by atoms with Crippen molar-refractivity contribution in [2.75, 3.05) is 0 Å². The topological polar surface area (TPSA) is 114 Å². The highest BCUT2D eigenvalue weighted by Crippen LogP contribution is 2.38. The van der Waals surface area contributed by atoms with Gasteiger partial charge in [0.05, 0.1) is 0 Å². The van der Waals surface area contributed by atoms with Crippen LogP contribution < -0.4 is 11.1 Å². The number of nitrogens with zero attached hydrogens (tertiary/aromatic N) is 3. The van der Waals surface area contributed by atoms with E-state index in [1.54, 1.807) is 0 Å². The summed E-state index contributed by atoms with van der Waals surface area (Å²) in [6.45, 7) is 2.61. The van der Waals surface area contributed by atoms with Gasteiger partial charge in [-0.2, -0.15) is 4.98 Å². The number of imide groups is 1. The summed E-state index contributed by atoms with van der Waals surface area (Å²) in [5.74, 6) is 1.11. The first-order valence-corrected chi connectivity index (χ1v) is 9.80. The molecule has 156 valence electrons. The van der Waals surface area contributed by atoms with E-state index in [-0.39, 0.29) is 36.8 Å². The molecule has 1 saturated heterocycles. The lowest BCUT2D eigenvalue weighted by molar-refractivity contribution is -0.133. The Morgan fingerprint density at radius 3 is 2.55 bits per heavy atom. The zero-order valence-corrected chi connectivity index (χ0v) is 17.2. The molecule has 1 aromatic heterocycles. The van der Waals surface area contributed by atoms with Crippen LogP contribution in [0.2, 0.25) is 0 Å². The van der Waals surface area contributed by atoms with Crippen molar-refractivity contribution in [3.8, 4) is 11.4 Å². The lowest BCUT2D eigenvalue weighted by Gasteiger charge is -2.34. The minimum atomic E-state index is -0.760. The second-order valence-electron chi connectivity index (χ2n) is 7.67. The molecule has 2 fully saturated rings. The Morgan fingerprint density at radius 2 is 1.93 bits per heavy atom. The van der Waals surface area contributed by atoms with Crippen molar-refractivity contribution in [2.24, 2.45) is 11.7 Å². The average Bonchev–Trinajstić information content (AvgIpc) is 3.28. The van der Waals surface area contributed by atoms with Crippen LogP contribution in [0.4, 0.5) is 4.79 Å². The largest absolute Gasteiger partial charge is 0.337 e. The van der Waals surface area contributed by atoms with Gasteiger partial charge in [-0.15, -0.1) is 12.4 Å². The monoisotopic (exact) mass is 419 g/mol. The molecule has 1 aliphatic heterocycles. The average molecular weight is 420 g/mol. The molecule has 2 heterocycles. The fourth-order valence-electron chi connectivity index (χ4n) is 4.10. The van der Waals surface area contributed by atoms with Gasteiger partial charge in [0.15, 0.2) is 0 Å². The third-order valence-corrected chi connectivity index (χ3v) is 5.99. The molecular formula is C20H26ClN5O3. The van der Waals surface area contributed by atoms with Crippen molar-refractivity contribution in [1.29, 1.82) is 0 Å². The van der Waals surface area contributed by atoms with Gasteiger partial charge in [-0.25, -0.2) is 4.79 Å². The summed E-state index contributed by atoms with van der Waals surface area (Å²) in [4.78, 5) is 31.0. The molecule has 1 spiro atoms. The molecule has 2 aromatic rings. The van der Waals surface area contributed by atoms with E-state index in [1.807, 2.05) is 24.3 Å². The highest BCUT2D eigenvalue weighted by atomic mass is 35.5. The van der Waals surface area contributed by atoms with Gasteiger partial charge in [0.2, 0.25) is 11.7 Å². The molecule has 0 atom stereocenters. The SMILES string of the molecule is CCC1CCC2(CC1)NC(=O)N(Cc1nc(-c3ccc(CN)cc3)no1)C2=O.Cl. The Balaban J connectivity index is 0.00000240. The lowest BCUT2D eigenvalue weighted by Crippen LogP contribution is -2.49. The van der Waals surface area contributed by atoms with Gasteiger partial charge in [-0.3, -0.25) is 9.69 Å². The maximum absolute atomic E-state index is 13.0. The Bertz CT molecular complexity index is 874. The summed E-state index contributed by atoms with van der Waals surface area (Å²) in [6.07, 6.45) is 4.41. The van der Waals surface area contributed by atoms with Crippen molar-refractivity contribution in [1.82, 2.24) is 20.4 Å². The number of nitrogens with two attached hydrogens (primary N) is 1. The summed E-state index contributed by atoms with van der Waals surface area (Å²) >= 11 is 0. The minimum Gasteiger partial charge on any atom is -0.337 e. The van der Waals surface area contributed by atoms with E-state index in [4.69, 9.17) is 10.3 Å². The van der Waals surface area contributed by atoms with Gasteiger partial charge < -0.3 is 15.6 Å². The van der Waals surface area contributed by atoms with E-state index >= 15 is 0 Å². The number of hydrogen-bond acceptors (Lipinski definition) is 6. The van der Waals surface area contributed by atoms with Crippen LogP contribution in [-0.2, 0) is 17.9 Å². The summed E-state index contributed by atoms with van der Waals surface area (Å²) in [5.41, 5.74) is 6.65. The molecule has 2 aliphatic rings. The summed E-state index contributed by atoms with van der Waals surface area (Å²) in [6, 6.07) is 7.16. The molecule has 0 bridgehead atoms. The van der Waals surface area contributed by atoms with Crippen LogP contribution in [0.15, 0.2) is 28.8 Å². The number of hydrogen-bond donors (Lipinski definition) is 2. The fourth-order valence-corrected chi connectivity index (χ4v) is 4.10. The van der Waals surface area contributed by atoms with Gasteiger partial charge in [0, 0.05) is 12.1 Å². The normalized spacial score (nSPS) is 23.9. The Kier molecular flexibility index (Phi) is 6.24. The van der Waals surface area contributed by atoms with Crippen LogP contribution in [0.5, 0.6) is 0 Å². The molecule has 1 saturated carbocycles. The third kappa shape index (κ3) is 4.00. The molecule has 1 aromatic carbocycles. The maximum atomic E-state index is 13.0. The van der Waals surface area contributed by atoms with Crippen LogP contribution in [0, 0.1) is 5.92 Å². The Hall–Kier alpha value is -2.45. The molecular weight excluding hydrogens is 394 g/mol. The van der Waals surface area contributed by atoms with Gasteiger partial charge in [0.25, 0.3) is 5.91 Å². The highest BCUT2D eigenvalue weighted by Gasteiger charge is 2.52. The summed E-state index contributed by atoms with van der Waals surface area (Å²) < 4.78 is 5.28. The number of carbonyl (C=O) groups is 2. The molecule has 9 heteroatoms. The lowest BCUT2D eigenvalue weighted by atomic mass is 9.75. The summed E-state index contributed by atoms with van der Waals surface area (Å²) in [7, 11) is 0. The van der Waals surface area contributed by atoms with Crippen molar-refractivity contribution >= 4 is 24.3 Å². The van der Waals surface area contributed by atoms with Crippen molar-refractivity contribution in [3.05, 3.63) is 35.7 Å². The zero-order valence-electron chi connectivity index (χ0n) is 16.4. The standard InChI is InChI=1S/C20H25N5O3.ClH/c1-2-13-7-9-20(10-8-13)18(26)25(19(27)23-20)12-16-22-17(24-28-16)15-5-3-14(11-21)4-6-15;/h3-6,13H,2,7-12,21H2,1H3,(H,23,27);1H. The second kappa shape index (κ2) is 8.51. The van der Waals surface area contributed by atoms with Crippen molar-refractivity contribution in [3.63, 3.8) is 0 Å². The van der Waals surface area contributed by atoms with Crippen LogP contribution in [-0.4, -0.2) is 32.5 Å². The number of rotatable bonds is 5. The number of carbonyl (C=O) groups excluding carboxylic acids is 2. The van der Waals surface area contributed by atoms with Crippen LogP contribution in [0.3, 0.4) is 0 Å². The third-order valence-electron chi connectivity index (χ3n) is 5.99. The smallest absolute Gasteiger partial charge is 0.325 e. The maximum Gasteiger partial charge on any atom is 0.325 e. The Morgan fingerprint density at radius 1 is 1.24 bits per heavy atom. The molecule has 0 unspecified atom stereocenters. The van der Waals surface area contributed by atoms with Crippen molar-refractivity contribution < 1.29 is 14.1 Å². The van der Waals surface area contributed by atoms with E-state index in [0.29, 0.717) is 31.1 Å². The van der Waals surface area contributed by atoms with Gasteiger partial charge in [0.1, 0.15) is 12.1 Å². The zero-order chi connectivity index (χ0) is 19.7. The first-order valence-electron chi connectivity index (χ1n) is 9.80. The molecule has 29 heavy (non-hydrogen) atoms. The molecule has 0 radical (unpaired) electrons. The van der Waals surface area contributed by atoms with Gasteiger partial charge >= 0.3 is 6.03 Å². The van der Waals surface area contributed by atoms with E-state index in [2.05, 4.69) is 22.4 Å². The molecule has 8 nitrogen and oxygen atoms in total. The molecule has 3 amide bonds. The van der Waals surface area contributed by atoms with E-state index in [0.717, 1.165) is 30.4 Å². The minimum absolute atomic E-state index is 0. The van der Waals surface area contributed by atoms with E-state index in [1.165, 1.54) is 4.90 Å². The molecule has 4 rings (SSSR count). The molecule has 1 aliphatic carbocycles. The first-order chi connectivity index (χ1) is 13.5. The summed E-state index contributed by atoms with van der Waals surface area (Å²) in [5, 5.41) is 6.89. The molecule has 3 N–H and O–H groups in total. The number of halogens is 1. The number of amides is 3. The van der Waals surface area contributed by atoms with E-state index < -0.39 is 5.54 Å². The van der Waals surface area contributed by atoms with Crippen LogP contribution >= 0.6 is 12.4 Å². The fraction of sp³-hybridized carbons (Fsp3) is 0.500. The van der Waals surface area contributed by atoms with Gasteiger partial charge in [-0.05, 0) is 37.2 Å². The second-order valence-corrected chi connectivity index (χ2v) is 7.67. The quantitative estimate of drug-likeness (QED) is 0.720. The van der Waals surface area contributed by atoms with Crippen molar-refractivity contribution in [2.45, 2.75) is 57.7 Å². The Labute approximate surface area is 175 Å². The predicted octanol–water partition coefficient (Wildman–Crippen LogP) is 3.01. The van der Waals surface area contributed by atoms with E-state index in [9.17, 15) is 9.59 Å². The highest BCUT2D eigenvalue weighted by molar-refractivity contribution is 6.07. The predicted molar refractivity (Wildman–Crippen MR) is 109 cm³/mol. The first kappa shape index (κ1) is 21.3. The number of urea groups is 1. The van der Waals surface area contributed by atoms with Gasteiger partial charge in [-0.1, -0.05) is 42.8 Å². The number of nitrogens with one attached hydrogen (secondary N) is 1.